The van der Waals surface area contributed by atoms with Crippen molar-refractivity contribution >= 4 is 35.1 Å². The van der Waals surface area contributed by atoms with Crippen LogP contribution in [0.2, 0.25) is 10.0 Å². The zero-order valence-corrected chi connectivity index (χ0v) is 24.8. The number of hydrogen-bond acceptors (Lipinski definition) is 6. The van der Waals surface area contributed by atoms with Crippen molar-refractivity contribution in [2.45, 2.75) is 37.1 Å². The highest BCUT2D eigenvalue weighted by molar-refractivity contribution is 6.30. The molecule has 216 valence electrons. The summed E-state index contributed by atoms with van der Waals surface area (Å²) in [7, 11) is 0. The maximum absolute atomic E-state index is 13.1. The van der Waals surface area contributed by atoms with Gasteiger partial charge in [0.2, 0.25) is 0 Å². The fourth-order valence-corrected chi connectivity index (χ4v) is 4.99. The lowest BCUT2D eigenvalue weighted by molar-refractivity contribution is -0.158. The van der Waals surface area contributed by atoms with Crippen LogP contribution in [-0.2, 0) is 30.3 Å². The quantitative estimate of drug-likeness (QED) is 0.147. The predicted octanol–water partition coefficient (Wildman–Crippen LogP) is 7.17. The molecule has 0 fully saturated rings. The molecule has 0 aliphatic heterocycles. The molecule has 4 aromatic carbocycles. The fraction of sp³-hybridized carbons (Fsp3) is 0.176. The SMILES string of the molecule is CC(OC(=O)/C=C\C(=O)OC(C)(c1ccccc1)C(N)c1ccc(Cl)cc1)(c1ccccc1)C(N)c1ccc(Cl)cc1. The zero-order valence-electron chi connectivity index (χ0n) is 23.2. The van der Waals surface area contributed by atoms with Crippen molar-refractivity contribution in [1.82, 2.24) is 0 Å². The molecule has 0 radical (unpaired) electrons. The Morgan fingerprint density at radius 2 is 0.905 bits per heavy atom. The van der Waals surface area contributed by atoms with E-state index in [1.165, 1.54) is 0 Å². The van der Waals surface area contributed by atoms with Crippen molar-refractivity contribution in [1.29, 1.82) is 0 Å². The Morgan fingerprint density at radius 1 is 0.595 bits per heavy atom. The summed E-state index contributed by atoms with van der Waals surface area (Å²) in [5, 5.41) is 1.12. The molecule has 0 aliphatic rings. The van der Waals surface area contributed by atoms with E-state index >= 15 is 0 Å². The van der Waals surface area contributed by atoms with Crippen molar-refractivity contribution in [2.75, 3.05) is 0 Å². The summed E-state index contributed by atoms with van der Waals surface area (Å²) in [4.78, 5) is 26.2. The van der Waals surface area contributed by atoms with E-state index in [9.17, 15) is 9.59 Å². The second-order valence-corrected chi connectivity index (χ2v) is 11.1. The highest BCUT2D eigenvalue weighted by Crippen LogP contribution is 2.39. The number of ether oxygens (including phenoxy) is 2. The Balaban J connectivity index is 1.56. The van der Waals surface area contributed by atoms with Crippen LogP contribution in [0.4, 0.5) is 0 Å². The van der Waals surface area contributed by atoms with E-state index in [0.717, 1.165) is 23.3 Å². The number of nitrogens with two attached hydrogens (primary N) is 2. The first-order valence-corrected chi connectivity index (χ1v) is 14.1. The van der Waals surface area contributed by atoms with E-state index in [0.29, 0.717) is 21.2 Å². The molecule has 4 N–H and O–H groups in total. The summed E-state index contributed by atoms with van der Waals surface area (Å²) in [6.45, 7) is 3.45. The summed E-state index contributed by atoms with van der Waals surface area (Å²) in [6, 6.07) is 30.9. The van der Waals surface area contributed by atoms with Gasteiger partial charge in [0.15, 0.2) is 11.2 Å². The Labute approximate surface area is 255 Å². The molecule has 8 heteroatoms. The topological polar surface area (TPSA) is 105 Å². The van der Waals surface area contributed by atoms with E-state index in [2.05, 4.69) is 0 Å². The predicted molar refractivity (Wildman–Crippen MR) is 166 cm³/mol. The molecule has 0 bridgehead atoms. The summed E-state index contributed by atoms with van der Waals surface area (Å²) in [5.41, 5.74) is 13.6. The first kappa shape index (κ1) is 31.0. The minimum atomic E-state index is -1.27. The summed E-state index contributed by atoms with van der Waals surface area (Å²) >= 11 is 12.1. The van der Waals surface area contributed by atoms with Gasteiger partial charge < -0.3 is 20.9 Å². The molecule has 0 aliphatic carbocycles. The lowest BCUT2D eigenvalue weighted by Crippen LogP contribution is -2.40. The minimum Gasteiger partial charge on any atom is -0.449 e. The maximum Gasteiger partial charge on any atom is 0.331 e. The third-order valence-corrected chi connectivity index (χ3v) is 7.82. The zero-order chi connectivity index (χ0) is 30.3. The van der Waals surface area contributed by atoms with Crippen LogP contribution in [0.5, 0.6) is 0 Å². The van der Waals surface area contributed by atoms with Crippen molar-refractivity contribution in [3.05, 3.63) is 154 Å². The van der Waals surface area contributed by atoms with Gasteiger partial charge in [0, 0.05) is 22.2 Å². The molecule has 4 rings (SSSR count). The van der Waals surface area contributed by atoms with Gasteiger partial charge in [-0.25, -0.2) is 9.59 Å². The van der Waals surface area contributed by atoms with Crippen molar-refractivity contribution in [3.63, 3.8) is 0 Å². The fourth-order valence-electron chi connectivity index (χ4n) is 4.74. The van der Waals surface area contributed by atoms with Crippen LogP contribution in [0.25, 0.3) is 0 Å². The Morgan fingerprint density at radius 3 is 1.21 bits per heavy atom. The van der Waals surface area contributed by atoms with E-state index < -0.39 is 35.2 Å². The Bertz CT molecular complexity index is 1410. The van der Waals surface area contributed by atoms with Crippen molar-refractivity contribution in [2.24, 2.45) is 11.5 Å². The number of esters is 2. The molecule has 42 heavy (non-hydrogen) atoms. The molecular formula is C34H32Cl2N2O4. The minimum absolute atomic E-state index is 0.559. The molecule has 0 heterocycles. The molecule has 4 aromatic rings. The van der Waals surface area contributed by atoms with Crippen LogP contribution in [0, 0.1) is 0 Å². The number of carbonyl (C=O) groups is 2. The van der Waals surface area contributed by atoms with E-state index in [4.69, 9.17) is 44.1 Å². The average molecular weight is 604 g/mol. The van der Waals surface area contributed by atoms with Crippen LogP contribution in [0.1, 0.15) is 48.2 Å². The van der Waals surface area contributed by atoms with Gasteiger partial charge in [-0.3, -0.25) is 0 Å². The molecule has 0 aromatic heterocycles. The van der Waals surface area contributed by atoms with Gasteiger partial charge >= 0.3 is 11.9 Å². The number of halogens is 2. The summed E-state index contributed by atoms with van der Waals surface area (Å²) < 4.78 is 11.9. The van der Waals surface area contributed by atoms with Gasteiger partial charge in [-0.15, -0.1) is 0 Å². The molecule has 0 spiro atoms. The van der Waals surface area contributed by atoms with Gasteiger partial charge in [-0.1, -0.05) is 108 Å². The highest BCUT2D eigenvalue weighted by Gasteiger charge is 2.40. The van der Waals surface area contributed by atoms with Crippen molar-refractivity contribution < 1.29 is 19.1 Å². The number of rotatable bonds is 10. The first-order chi connectivity index (χ1) is 20.0. The molecular weight excluding hydrogens is 571 g/mol. The first-order valence-electron chi connectivity index (χ1n) is 13.3. The second kappa shape index (κ2) is 13.4. The van der Waals surface area contributed by atoms with Gasteiger partial charge in [-0.05, 0) is 60.4 Å². The third kappa shape index (κ3) is 7.09. The second-order valence-electron chi connectivity index (χ2n) is 10.2. The lowest BCUT2D eigenvalue weighted by Gasteiger charge is -2.36. The van der Waals surface area contributed by atoms with Crippen LogP contribution >= 0.6 is 23.2 Å². The lowest BCUT2D eigenvalue weighted by atomic mass is 9.84. The van der Waals surface area contributed by atoms with E-state index in [1.807, 2.05) is 60.7 Å². The molecule has 6 nitrogen and oxygen atoms in total. The van der Waals surface area contributed by atoms with Crippen molar-refractivity contribution in [3.8, 4) is 0 Å². The number of carbonyl (C=O) groups excluding carboxylic acids is 2. The van der Waals surface area contributed by atoms with Gasteiger partial charge in [0.1, 0.15) is 0 Å². The van der Waals surface area contributed by atoms with E-state index in [-0.39, 0.29) is 0 Å². The number of hydrogen-bond donors (Lipinski definition) is 2. The monoisotopic (exact) mass is 602 g/mol. The molecule has 0 amide bonds. The van der Waals surface area contributed by atoms with Crippen LogP contribution in [-0.4, -0.2) is 11.9 Å². The Kier molecular flexibility index (Phi) is 9.86. The Hall–Kier alpha value is -3.94. The van der Waals surface area contributed by atoms with E-state index in [1.54, 1.807) is 62.4 Å². The largest absolute Gasteiger partial charge is 0.449 e. The van der Waals surface area contributed by atoms with Gasteiger partial charge in [0.25, 0.3) is 0 Å². The third-order valence-electron chi connectivity index (χ3n) is 7.32. The normalized spacial score (nSPS) is 15.7. The standard InChI is InChI=1S/C34H32Cl2N2O4/c1-33(25-9-5-3-6-10-25,31(37)23-13-17-27(35)18-14-23)41-29(39)21-22-30(40)42-34(2,26-11-7-4-8-12-26)32(38)24-15-19-28(36)20-16-24/h3-22,31-32H,37-38H2,1-2H3/b22-21-. The molecule has 4 unspecified atom stereocenters. The van der Waals surface area contributed by atoms with Gasteiger partial charge in [0.05, 0.1) is 12.1 Å². The molecule has 0 saturated heterocycles. The van der Waals surface area contributed by atoms with Crippen LogP contribution < -0.4 is 11.5 Å². The highest BCUT2D eigenvalue weighted by atomic mass is 35.5. The maximum atomic E-state index is 13.1. The summed E-state index contributed by atoms with van der Waals surface area (Å²) in [6.07, 6.45) is 2.05. The number of benzene rings is 4. The smallest absolute Gasteiger partial charge is 0.331 e. The molecule has 0 saturated carbocycles. The van der Waals surface area contributed by atoms with Crippen LogP contribution in [0.3, 0.4) is 0 Å². The van der Waals surface area contributed by atoms with Gasteiger partial charge in [-0.2, -0.15) is 0 Å². The molecule has 4 atom stereocenters. The summed E-state index contributed by atoms with van der Waals surface area (Å²) in [5.74, 6) is -1.54. The van der Waals surface area contributed by atoms with Crippen LogP contribution in [0.15, 0.2) is 121 Å². The average Bonchev–Trinajstić information content (AvgIpc) is 3.01.